The average Bonchev–Trinajstić information content (AvgIpc) is 2.28. The van der Waals surface area contributed by atoms with E-state index < -0.39 is 10.2 Å². The van der Waals surface area contributed by atoms with Crippen LogP contribution in [0.15, 0.2) is 0 Å². The first-order valence-corrected chi connectivity index (χ1v) is 6.89. The summed E-state index contributed by atoms with van der Waals surface area (Å²) in [5, 5.41) is -0.360. The van der Waals surface area contributed by atoms with Crippen LogP contribution >= 0.6 is 11.6 Å². The van der Waals surface area contributed by atoms with Crippen LogP contribution in [0.4, 0.5) is 0 Å². The second-order valence-corrected chi connectivity index (χ2v) is 5.79. The lowest BCUT2D eigenvalue weighted by molar-refractivity contribution is 0.0724. The summed E-state index contributed by atoms with van der Waals surface area (Å²) in [5.74, 6) is 0. The van der Waals surface area contributed by atoms with Crippen LogP contribution in [0.1, 0.15) is 0 Å². The number of halogens is 1. The topological polar surface area (TPSA) is 67.9 Å². The number of nitrogens with one attached hydrogen (secondary N) is 1. The SMILES string of the molecule is COCC(Cl)CNS(=O)(=O)N1CCOCC1. The Hall–Kier alpha value is 0.0800. The van der Waals surface area contributed by atoms with Crippen molar-refractivity contribution in [2.45, 2.75) is 5.38 Å². The number of hydrogen-bond acceptors (Lipinski definition) is 4. The number of ether oxygens (including phenoxy) is 2. The van der Waals surface area contributed by atoms with E-state index in [0.717, 1.165) is 0 Å². The maximum Gasteiger partial charge on any atom is 0.279 e. The van der Waals surface area contributed by atoms with Gasteiger partial charge >= 0.3 is 0 Å². The molecule has 1 N–H and O–H groups in total. The van der Waals surface area contributed by atoms with Crippen molar-refractivity contribution in [3.63, 3.8) is 0 Å². The predicted octanol–water partition coefficient (Wildman–Crippen LogP) is -0.593. The van der Waals surface area contributed by atoms with Crippen LogP contribution in [0.3, 0.4) is 0 Å². The number of morpholine rings is 1. The van der Waals surface area contributed by atoms with Gasteiger partial charge in [-0.2, -0.15) is 12.7 Å². The Morgan fingerprint density at radius 1 is 1.50 bits per heavy atom. The van der Waals surface area contributed by atoms with Crippen molar-refractivity contribution < 1.29 is 17.9 Å². The third kappa shape index (κ3) is 4.52. The normalized spacial score (nSPS) is 20.9. The highest BCUT2D eigenvalue weighted by atomic mass is 35.5. The fraction of sp³-hybridized carbons (Fsp3) is 1.00. The molecule has 0 aromatic carbocycles. The van der Waals surface area contributed by atoms with Crippen molar-refractivity contribution in [1.29, 1.82) is 0 Å². The summed E-state index contributed by atoms with van der Waals surface area (Å²) in [6.45, 7) is 2.11. The number of nitrogens with zero attached hydrogens (tertiary/aromatic N) is 1. The van der Waals surface area contributed by atoms with Crippen LogP contribution in [-0.2, 0) is 19.7 Å². The first-order chi connectivity index (χ1) is 7.56. The highest BCUT2D eigenvalue weighted by Crippen LogP contribution is 2.03. The van der Waals surface area contributed by atoms with Crippen LogP contribution in [0, 0.1) is 0 Å². The van der Waals surface area contributed by atoms with Crippen LogP contribution < -0.4 is 4.72 Å². The molecule has 1 aliphatic rings. The molecule has 0 saturated carbocycles. The quantitative estimate of drug-likeness (QED) is 0.656. The Kier molecular flexibility index (Phi) is 5.95. The lowest BCUT2D eigenvalue weighted by Crippen LogP contribution is -2.48. The van der Waals surface area contributed by atoms with Crippen molar-refractivity contribution in [3.8, 4) is 0 Å². The maximum absolute atomic E-state index is 11.8. The lowest BCUT2D eigenvalue weighted by atomic mass is 10.5. The molecule has 96 valence electrons. The Morgan fingerprint density at radius 3 is 2.69 bits per heavy atom. The molecule has 0 aromatic heterocycles. The van der Waals surface area contributed by atoms with Gasteiger partial charge in [0.15, 0.2) is 0 Å². The molecule has 8 heteroatoms. The summed E-state index contributed by atoms with van der Waals surface area (Å²) in [6.07, 6.45) is 0. The van der Waals surface area contributed by atoms with E-state index in [1.54, 1.807) is 0 Å². The molecule has 1 rings (SSSR count). The molecule has 1 atom stereocenters. The third-order valence-corrected chi connectivity index (χ3v) is 4.00. The van der Waals surface area contributed by atoms with Crippen molar-refractivity contribution in [1.82, 2.24) is 9.03 Å². The molecular weight excluding hydrogens is 256 g/mol. The molecule has 1 saturated heterocycles. The van der Waals surface area contributed by atoms with E-state index in [-0.39, 0.29) is 11.9 Å². The van der Waals surface area contributed by atoms with Crippen LogP contribution in [0.2, 0.25) is 0 Å². The summed E-state index contributed by atoms with van der Waals surface area (Å²) >= 11 is 5.83. The van der Waals surface area contributed by atoms with E-state index >= 15 is 0 Å². The molecule has 0 bridgehead atoms. The fourth-order valence-electron chi connectivity index (χ4n) is 1.31. The highest BCUT2D eigenvalue weighted by molar-refractivity contribution is 7.87. The Balaban J connectivity index is 2.38. The van der Waals surface area contributed by atoms with Crippen LogP contribution in [0.5, 0.6) is 0 Å². The van der Waals surface area contributed by atoms with Gasteiger partial charge in [-0.05, 0) is 0 Å². The Labute approximate surface area is 101 Å². The molecule has 0 spiro atoms. The average molecular weight is 273 g/mol. The molecule has 0 aromatic rings. The van der Waals surface area contributed by atoms with E-state index in [4.69, 9.17) is 21.1 Å². The smallest absolute Gasteiger partial charge is 0.279 e. The molecule has 16 heavy (non-hydrogen) atoms. The Morgan fingerprint density at radius 2 is 2.12 bits per heavy atom. The summed E-state index contributed by atoms with van der Waals surface area (Å²) < 4.78 is 37.2. The van der Waals surface area contributed by atoms with E-state index in [9.17, 15) is 8.42 Å². The second kappa shape index (κ2) is 6.73. The molecule has 1 heterocycles. The zero-order chi connectivity index (χ0) is 12.0. The molecule has 1 fully saturated rings. The largest absolute Gasteiger partial charge is 0.383 e. The molecule has 6 nitrogen and oxygen atoms in total. The van der Waals surface area contributed by atoms with Crippen LogP contribution in [-0.4, -0.2) is 64.7 Å². The van der Waals surface area contributed by atoms with Crippen molar-refractivity contribution >= 4 is 21.8 Å². The van der Waals surface area contributed by atoms with Gasteiger partial charge in [-0.3, -0.25) is 0 Å². The molecule has 1 unspecified atom stereocenters. The monoisotopic (exact) mass is 272 g/mol. The van der Waals surface area contributed by atoms with Gasteiger partial charge in [0.05, 0.1) is 25.2 Å². The van der Waals surface area contributed by atoms with Crippen LogP contribution in [0.25, 0.3) is 0 Å². The first kappa shape index (κ1) is 14.1. The molecular formula is C8H17ClN2O4S. The second-order valence-electron chi connectivity index (χ2n) is 3.42. The molecule has 1 aliphatic heterocycles. The molecule has 0 radical (unpaired) electrons. The van der Waals surface area contributed by atoms with E-state index in [0.29, 0.717) is 32.9 Å². The van der Waals surface area contributed by atoms with Gasteiger partial charge in [0.1, 0.15) is 0 Å². The lowest BCUT2D eigenvalue weighted by Gasteiger charge is -2.26. The summed E-state index contributed by atoms with van der Waals surface area (Å²) in [7, 11) is -1.91. The van der Waals surface area contributed by atoms with Crippen molar-refractivity contribution in [2.24, 2.45) is 0 Å². The highest BCUT2D eigenvalue weighted by Gasteiger charge is 2.24. The van der Waals surface area contributed by atoms with Crippen molar-refractivity contribution in [3.05, 3.63) is 0 Å². The zero-order valence-electron chi connectivity index (χ0n) is 9.19. The fourth-order valence-corrected chi connectivity index (χ4v) is 2.83. The standard InChI is InChI=1S/C8H17ClN2O4S/c1-14-7-8(9)6-10-16(12,13)11-2-4-15-5-3-11/h8,10H,2-7H2,1H3. The zero-order valence-corrected chi connectivity index (χ0v) is 10.8. The maximum atomic E-state index is 11.8. The van der Waals surface area contributed by atoms with E-state index in [2.05, 4.69) is 4.72 Å². The minimum atomic E-state index is -3.43. The van der Waals surface area contributed by atoms with Gasteiger partial charge in [0, 0.05) is 26.7 Å². The Bertz CT molecular complexity index is 292. The van der Waals surface area contributed by atoms with E-state index in [1.165, 1.54) is 11.4 Å². The van der Waals surface area contributed by atoms with E-state index in [1.807, 2.05) is 0 Å². The van der Waals surface area contributed by atoms with Gasteiger partial charge < -0.3 is 9.47 Å². The first-order valence-electron chi connectivity index (χ1n) is 5.02. The molecule has 0 amide bonds. The predicted molar refractivity (Wildman–Crippen MR) is 60.8 cm³/mol. The summed E-state index contributed by atoms with van der Waals surface area (Å²) in [5.41, 5.74) is 0. The van der Waals surface area contributed by atoms with Gasteiger partial charge in [-0.15, -0.1) is 11.6 Å². The number of alkyl halides is 1. The number of hydrogen-bond donors (Lipinski definition) is 1. The third-order valence-electron chi connectivity index (χ3n) is 2.14. The summed E-state index contributed by atoms with van der Waals surface area (Å²) in [6, 6.07) is 0. The number of rotatable bonds is 6. The van der Waals surface area contributed by atoms with Gasteiger partial charge in [-0.25, -0.2) is 4.72 Å². The van der Waals surface area contributed by atoms with Gasteiger partial charge in [-0.1, -0.05) is 0 Å². The van der Waals surface area contributed by atoms with Gasteiger partial charge in [0.25, 0.3) is 10.2 Å². The summed E-state index contributed by atoms with van der Waals surface area (Å²) in [4.78, 5) is 0. The minimum absolute atomic E-state index is 0.162. The van der Waals surface area contributed by atoms with Crippen molar-refractivity contribution in [2.75, 3.05) is 46.6 Å². The van der Waals surface area contributed by atoms with Gasteiger partial charge in [0.2, 0.25) is 0 Å². The minimum Gasteiger partial charge on any atom is -0.383 e. The number of methoxy groups -OCH3 is 1. The molecule has 0 aliphatic carbocycles.